The zero-order chi connectivity index (χ0) is 24.6. The number of ketones is 1. The average Bonchev–Trinajstić information content (AvgIpc) is 2.87. The minimum atomic E-state index is -0.241. The molecular weight excluding hydrogens is 440 g/mol. The molecule has 2 N–H and O–H groups in total. The molecule has 0 radical (unpaired) electrons. The first-order valence-electron chi connectivity index (χ1n) is 11.3. The van der Waals surface area contributed by atoms with Gasteiger partial charge in [0, 0.05) is 35.8 Å². The van der Waals surface area contributed by atoms with Crippen molar-refractivity contribution in [1.82, 2.24) is 9.97 Å². The number of para-hydroxylation sites is 1. The van der Waals surface area contributed by atoms with Crippen LogP contribution in [0.1, 0.15) is 29.0 Å². The monoisotopic (exact) mass is 466 g/mol. The van der Waals surface area contributed by atoms with Crippen molar-refractivity contribution < 1.29 is 14.3 Å². The van der Waals surface area contributed by atoms with Gasteiger partial charge < -0.3 is 15.4 Å². The lowest BCUT2D eigenvalue weighted by molar-refractivity contribution is -0.116. The van der Waals surface area contributed by atoms with E-state index in [1.54, 1.807) is 30.3 Å². The molecule has 1 amide bonds. The third-order valence-electron chi connectivity index (χ3n) is 5.31. The minimum absolute atomic E-state index is 0.0695. The van der Waals surface area contributed by atoms with E-state index in [2.05, 4.69) is 20.6 Å². The van der Waals surface area contributed by atoms with Gasteiger partial charge in [0.15, 0.2) is 5.78 Å². The summed E-state index contributed by atoms with van der Waals surface area (Å²) in [6.07, 6.45) is 0.159. The predicted octanol–water partition coefficient (Wildman–Crippen LogP) is 5.81. The van der Waals surface area contributed by atoms with Crippen molar-refractivity contribution in [2.24, 2.45) is 0 Å². The van der Waals surface area contributed by atoms with Crippen LogP contribution >= 0.6 is 0 Å². The number of Topliss-reactive ketones (excluding diaryl/α,β-unsaturated/α-hetero) is 1. The molecule has 0 saturated carbocycles. The lowest BCUT2D eigenvalue weighted by Crippen LogP contribution is -2.14. The Morgan fingerprint density at radius 1 is 0.829 bits per heavy atom. The highest BCUT2D eigenvalue weighted by Crippen LogP contribution is 2.24. The van der Waals surface area contributed by atoms with E-state index in [1.807, 2.05) is 61.5 Å². The second kappa shape index (κ2) is 11.1. The number of benzene rings is 3. The van der Waals surface area contributed by atoms with Crippen LogP contribution in [0.2, 0.25) is 0 Å². The highest BCUT2D eigenvalue weighted by molar-refractivity contribution is 6.01. The van der Waals surface area contributed by atoms with Crippen LogP contribution < -0.4 is 15.4 Å². The maximum absolute atomic E-state index is 12.5. The van der Waals surface area contributed by atoms with Crippen molar-refractivity contribution >= 4 is 28.9 Å². The van der Waals surface area contributed by atoms with Crippen LogP contribution in [0, 0.1) is 6.92 Å². The summed E-state index contributed by atoms with van der Waals surface area (Å²) < 4.78 is 5.23. The second-order valence-electron chi connectivity index (χ2n) is 7.93. The molecule has 176 valence electrons. The molecule has 0 saturated heterocycles. The first-order chi connectivity index (χ1) is 17.0. The maximum atomic E-state index is 12.5. The Bertz CT molecular complexity index is 1340. The molecule has 0 unspecified atom stereocenters. The molecule has 7 heteroatoms. The number of rotatable bonds is 9. The fourth-order valence-corrected chi connectivity index (χ4v) is 3.67. The Balaban J connectivity index is 1.39. The van der Waals surface area contributed by atoms with Crippen molar-refractivity contribution in [3.05, 3.63) is 96.3 Å². The normalized spacial score (nSPS) is 10.5. The number of carbonyl (C=O) groups is 2. The average molecular weight is 467 g/mol. The van der Waals surface area contributed by atoms with Gasteiger partial charge >= 0.3 is 0 Å². The summed E-state index contributed by atoms with van der Waals surface area (Å²) in [6.45, 7) is 1.85. The van der Waals surface area contributed by atoms with Gasteiger partial charge in [-0.1, -0.05) is 48.5 Å². The van der Waals surface area contributed by atoms with E-state index in [1.165, 1.54) is 7.11 Å². The van der Waals surface area contributed by atoms with E-state index in [4.69, 9.17) is 4.74 Å². The van der Waals surface area contributed by atoms with E-state index < -0.39 is 0 Å². The zero-order valence-electron chi connectivity index (χ0n) is 19.6. The molecule has 35 heavy (non-hydrogen) atoms. The third-order valence-corrected chi connectivity index (χ3v) is 5.31. The number of anilines is 3. The molecule has 4 aromatic rings. The second-order valence-corrected chi connectivity index (χ2v) is 7.93. The van der Waals surface area contributed by atoms with Crippen molar-refractivity contribution in [3.63, 3.8) is 0 Å². The number of aryl methyl sites for hydroxylation is 1. The number of amides is 1. The van der Waals surface area contributed by atoms with Gasteiger partial charge in [-0.05, 0) is 37.3 Å². The molecule has 3 aromatic carbocycles. The van der Waals surface area contributed by atoms with Gasteiger partial charge in [0.2, 0.25) is 5.91 Å². The van der Waals surface area contributed by atoms with Crippen LogP contribution in [0.25, 0.3) is 11.3 Å². The fraction of sp³-hybridized carbons (Fsp3) is 0.143. The molecule has 7 nitrogen and oxygen atoms in total. The highest BCUT2D eigenvalue weighted by atomic mass is 16.5. The largest absolute Gasteiger partial charge is 0.496 e. The Kier molecular flexibility index (Phi) is 7.47. The summed E-state index contributed by atoms with van der Waals surface area (Å²) in [5.41, 5.74) is 3.70. The van der Waals surface area contributed by atoms with Gasteiger partial charge in [-0.3, -0.25) is 9.59 Å². The molecule has 0 bridgehead atoms. The summed E-state index contributed by atoms with van der Waals surface area (Å²) >= 11 is 0. The SMILES string of the molecule is COc1ccccc1C(=O)CCC(=O)Nc1cccc(Nc2cc(-c3ccccc3)nc(C)n2)c1. The molecule has 0 aliphatic heterocycles. The number of methoxy groups -OCH3 is 1. The molecule has 0 aliphatic carbocycles. The third kappa shape index (κ3) is 6.29. The first kappa shape index (κ1) is 23.6. The number of ether oxygens (including phenoxy) is 1. The molecule has 0 aliphatic rings. The molecule has 0 fully saturated rings. The van der Waals surface area contributed by atoms with Crippen LogP contribution in [0.15, 0.2) is 84.9 Å². The van der Waals surface area contributed by atoms with E-state index in [0.717, 1.165) is 16.9 Å². The standard InChI is InChI=1S/C28H26N4O3/c1-19-29-24(20-9-4-3-5-10-20)18-27(30-19)31-21-11-8-12-22(17-21)32-28(34)16-15-25(33)23-13-6-7-14-26(23)35-2/h3-14,17-18H,15-16H2,1-2H3,(H,32,34)(H,29,30,31). The van der Waals surface area contributed by atoms with Crippen molar-refractivity contribution in [3.8, 4) is 17.0 Å². The minimum Gasteiger partial charge on any atom is -0.496 e. The maximum Gasteiger partial charge on any atom is 0.224 e. The zero-order valence-corrected chi connectivity index (χ0v) is 19.6. The molecule has 0 atom stereocenters. The fourth-order valence-electron chi connectivity index (χ4n) is 3.67. The molecule has 4 rings (SSSR count). The van der Waals surface area contributed by atoms with Crippen molar-refractivity contribution in [2.75, 3.05) is 17.7 Å². The number of hydrogen-bond acceptors (Lipinski definition) is 6. The van der Waals surface area contributed by atoms with Gasteiger partial charge in [0.25, 0.3) is 0 Å². The molecule has 1 aromatic heterocycles. The number of nitrogens with zero attached hydrogens (tertiary/aromatic N) is 2. The Hall–Kier alpha value is -4.52. The van der Waals surface area contributed by atoms with Crippen LogP contribution in [0.4, 0.5) is 17.2 Å². The van der Waals surface area contributed by atoms with Crippen LogP contribution in [-0.4, -0.2) is 28.8 Å². The van der Waals surface area contributed by atoms with Gasteiger partial charge in [-0.15, -0.1) is 0 Å². The Morgan fingerprint density at radius 2 is 1.57 bits per heavy atom. The predicted molar refractivity (Wildman–Crippen MR) is 137 cm³/mol. The van der Waals surface area contributed by atoms with E-state index in [9.17, 15) is 9.59 Å². The molecular formula is C28H26N4O3. The molecule has 1 heterocycles. The highest BCUT2D eigenvalue weighted by Gasteiger charge is 2.14. The summed E-state index contributed by atoms with van der Waals surface area (Å²) in [7, 11) is 1.52. The lowest BCUT2D eigenvalue weighted by atomic mass is 10.1. The number of aromatic nitrogens is 2. The Morgan fingerprint density at radius 3 is 2.37 bits per heavy atom. The van der Waals surface area contributed by atoms with Crippen molar-refractivity contribution in [2.45, 2.75) is 19.8 Å². The van der Waals surface area contributed by atoms with Crippen LogP contribution in [-0.2, 0) is 4.79 Å². The Labute approximate surface area is 204 Å². The van der Waals surface area contributed by atoms with Gasteiger partial charge in [-0.25, -0.2) is 9.97 Å². The van der Waals surface area contributed by atoms with Crippen LogP contribution in [0.3, 0.4) is 0 Å². The number of hydrogen-bond donors (Lipinski definition) is 2. The van der Waals surface area contributed by atoms with Gasteiger partial charge in [0.1, 0.15) is 17.4 Å². The van der Waals surface area contributed by atoms with E-state index in [-0.39, 0.29) is 24.5 Å². The first-order valence-corrected chi connectivity index (χ1v) is 11.3. The van der Waals surface area contributed by atoms with Crippen molar-refractivity contribution in [1.29, 1.82) is 0 Å². The van der Waals surface area contributed by atoms with E-state index in [0.29, 0.717) is 28.6 Å². The topological polar surface area (TPSA) is 93.2 Å². The summed E-state index contributed by atoms with van der Waals surface area (Å²) in [5.74, 6) is 1.43. The van der Waals surface area contributed by atoms with Gasteiger partial charge in [-0.2, -0.15) is 0 Å². The summed E-state index contributed by atoms with van der Waals surface area (Å²) in [6, 6.07) is 26.1. The smallest absolute Gasteiger partial charge is 0.224 e. The lowest BCUT2D eigenvalue weighted by Gasteiger charge is -2.11. The van der Waals surface area contributed by atoms with E-state index >= 15 is 0 Å². The number of nitrogens with one attached hydrogen (secondary N) is 2. The van der Waals surface area contributed by atoms with Gasteiger partial charge in [0.05, 0.1) is 18.4 Å². The quantitative estimate of drug-likeness (QED) is 0.303. The van der Waals surface area contributed by atoms with Crippen LogP contribution in [0.5, 0.6) is 5.75 Å². The molecule has 0 spiro atoms. The number of carbonyl (C=O) groups excluding carboxylic acids is 2. The summed E-state index contributed by atoms with van der Waals surface area (Å²) in [5, 5.41) is 6.14. The summed E-state index contributed by atoms with van der Waals surface area (Å²) in [4.78, 5) is 34.0.